The molecule has 0 saturated carbocycles. The van der Waals surface area contributed by atoms with Crippen LogP contribution in [0.5, 0.6) is 5.75 Å². The lowest BCUT2D eigenvalue weighted by Gasteiger charge is -2.26. The lowest BCUT2D eigenvalue weighted by Crippen LogP contribution is -2.31. The molecule has 1 heterocycles. The number of carbonyl (C=O) groups excluding carboxylic acids is 2. The number of anilines is 2. The second-order valence-corrected chi connectivity index (χ2v) is 5.06. The molecule has 5 nitrogen and oxygen atoms in total. The highest BCUT2D eigenvalue weighted by molar-refractivity contribution is 6.00. The van der Waals surface area contributed by atoms with Gasteiger partial charge in [-0.2, -0.15) is 13.2 Å². The maximum Gasteiger partial charge on any atom is 0.471 e. The van der Waals surface area contributed by atoms with E-state index in [9.17, 15) is 22.8 Å². The third kappa shape index (κ3) is 3.17. The Morgan fingerprint density at radius 3 is 2.50 bits per heavy atom. The van der Waals surface area contributed by atoms with Gasteiger partial charge in [-0.25, -0.2) is 0 Å². The first-order chi connectivity index (χ1) is 11.3. The number of hydrogen-bond acceptors (Lipinski definition) is 3. The van der Waals surface area contributed by atoms with Gasteiger partial charge in [0.15, 0.2) is 0 Å². The molecular weight excluding hydrogens is 325 g/mol. The van der Waals surface area contributed by atoms with E-state index in [0.29, 0.717) is 11.3 Å². The molecule has 0 fully saturated rings. The van der Waals surface area contributed by atoms with E-state index in [4.69, 9.17) is 4.74 Å². The Balaban J connectivity index is 1.82. The third-order valence-electron chi connectivity index (χ3n) is 3.34. The Hall–Kier alpha value is -3.03. The fourth-order valence-corrected chi connectivity index (χ4v) is 2.24. The zero-order chi connectivity index (χ0) is 17.3. The number of carbonyl (C=O) groups is 2. The topological polar surface area (TPSA) is 67.4 Å². The van der Waals surface area contributed by atoms with E-state index in [1.54, 1.807) is 35.6 Å². The van der Waals surface area contributed by atoms with E-state index >= 15 is 0 Å². The molecule has 1 aliphatic rings. The second-order valence-electron chi connectivity index (χ2n) is 5.06. The van der Waals surface area contributed by atoms with Gasteiger partial charge in [0, 0.05) is 11.3 Å². The molecule has 0 radical (unpaired) electrons. The van der Waals surface area contributed by atoms with Crippen LogP contribution in [0.15, 0.2) is 48.5 Å². The molecule has 8 heteroatoms. The lowest BCUT2D eigenvalue weighted by atomic mass is 10.1. The summed E-state index contributed by atoms with van der Waals surface area (Å²) in [5, 5.41) is 4.28. The number of amides is 2. The third-order valence-corrected chi connectivity index (χ3v) is 3.34. The van der Waals surface area contributed by atoms with Crippen molar-refractivity contribution in [1.29, 1.82) is 0 Å². The van der Waals surface area contributed by atoms with Crippen LogP contribution in [0.2, 0.25) is 0 Å². The first kappa shape index (κ1) is 15.9. The Labute approximate surface area is 134 Å². The molecule has 2 aromatic carbocycles. The summed E-state index contributed by atoms with van der Waals surface area (Å²) in [5.41, 5.74) is 0.736. The molecule has 1 atom stereocenters. The summed E-state index contributed by atoms with van der Waals surface area (Å²) in [4.78, 5) is 23.1. The summed E-state index contributed by atoms with van der Waals surface area (Å²) in [7, 11) is 0. The van der Waals surface area contributed by atoms with Crippen LogP contribution in [-0.2, 0) is 9.59 Å². The summed E-state index contributed by atoms with van der Waals surface area (Å²) in [5.74, 6) is -2.24. The number of hydrogen-bond donors (Lipinski definition) is 2. The highest BCUT2D eigenvalue weighted by Gasteiger charge is 2.39. The normalized spacial score (nSPS) is 16.6. The summed E-state index contributed by atoms with van der Waals surface area (Å²) in [6.07, 6.45) is -5.84. The average Bonchev–Trinajstić information content (AvgIpc) is 2.54. The van der Waals surface area contributed by atoms with Gasteiger partial charge < -0.3 is 15.4 Å². The van der Waals surface area contributed by atoms with Crippen molar-refractivity contribution in [1.82, 2.24) is 0 Å². The molecule has 0 saturated heterocycles. The first-order valence-corrected chi connectivity index (χ1v) is 6.89. The number of benzene rings is 2. The molecule has 0 spiro atoms. The molecule has 124 valence electrons. The molecule has 2 amide bonds. The number of ether oxygens (including phenoxy) is 1. The van der Waals surface area contributed by atoms with Gasteiger partial charge in [-0.15, -0.1) is 0 Å². The Morgan fingerprint density at radius 1 is 1.12 bits per heavy atom. The van der Waals surface area contributed by atoms with Crippen LogP contribution in [0.4, 0.5) is 24.5 Å². The number of fused-ring (bicyclic) bond motifs is 1. The largest absolute Gasteiger partial charge is 0.474 e. The SMILES string of the molecule is O=C1Nc2cc(NC(=O)C(F)(F)F)ccc2OC1c1ccccc1. The predicted molar refractivity (Wildman–Crippen MR) is 79.6 cm³/mol. The minimum absolute atomic E-state index is 0.0989. The van der Waals surface area contributed by atoms with Crippen molar-refractivity contribution < 1.29 is 27.5 Å². The van der Waals surface area contributed by atoms with Gasteiger partial charge in [-0.1, -0.05) is 30.3 Å². The van der Waals surface area contributed by atoms with Gasteiger partial charge in [-0.3, -0.25) is 9.59 Å². The molecule has 0 bridgehead atoms. The Kier molecular flexibility index (Phi) is 3.88. The zero-order valence-electron chi connectivity index (χ0n) is 12.1. The van der Waals surface area contributed by atoms with Crippen LogP contribution >= 0.6 is 0 Å². The fourth-order valence-electron chi connectivity index (χ4n) is 2.24. The summed E-state index contributed by atoms with van der Waals surface area (Å²) >= 11 is 0. The van der Waals surface area contributed by atoms with E-state index in [2.05, 4.69) is 5.32 Å². The van der Waals surface area contributed by atoms with E-state index in [1.807, 2.05) is 0 Å². The minimum atomic E-state index is -4.99. The zero-order valence-corrected chi connectivity index (χ0v) is 12.1. The number of nitrogens with one attached hydrogen (secondary N) is 2. The minimum Gasteiger partial charge on any atom is -0.474 e. The highest BCUT2D eigenvalue weighted by atomic mass is 19.4. The van der Waals surface area contributed by atoms with Crippen LogP contribution in [0.25, 0.3) is 0 Å². The molecule has 1 unspecified atom stereocenters. The summed E-state index contributed by atoms with van der Waals surface area (Å²) in [6, 6.07) is 12.6. The smallest absolute Gasteiger partial charge is 0.471 e. The molecule has 0 aliphatic carbocycles. The van der Waals surface area contributed by atoms with Crippen LogP contribution in [0, 0.1) is 0 Å². The van der Waals surface area contributed by atoms with Crippen LogP contribution < -0.4 is 15.4 Å². The predicted octanol–water partition coefficient (Wildman–Crippen LogP) is 3.26. The molecular formula is C16H11F3N2O3. The Morgan fingerprint density at radius 2 is 1.83 bits per heavy atom. The van der Waals surface area contributed by atoms with Crippen LogP contribution in [-0.4, -0.2) is 18.0 Å². The molecule has 24 heavy (non-hydrogen) atoms. The molecule has 3 rings (SSSR count). The standard InChI is InChI=1S/C16H11F3N2O3/c17-16(18,19)15(23)20-10-6-7-12-11(8-10)21-14(22)13(24-12)9-4-2-1-3-5-9/h1-8,13H,(H,20,23)(H,21,22). The lowest BCUT2D eigenvalue weighted by molar-refractivity contribution is -0.167. The van der Waals surface area contributed by atoms with Crippen molar-refractivity contribution in [2.75, 3.05) is 10.6 Å². The molecule has 2 N–H and O–H groups in total. The fraction of sp³-hybridized carbons (Fsp3) is 0.125. The average molecular weight is 336 g/mol. The molecule has 0 aromatic heterocycles. The number of rotatable bonds is 2. The maximum absolute atomic E-state index is 12.3. The summed E-state index contributed by atoms with van der Waals surface area (Å²) in [6.45, 7) is 0. The first-order valence-electron chi connectivity index (χ1n) is 6.89. The molecule has 2 aromatic rings. The van der Waals surface area contributed by atoms with Crippen molar-refractivity contribution in [3.8, 4) is 5.75 Å². The van der Waals surface area contributed by atoms with Gasteiger partial charge in [-0.05, 0) is 18.2 Å². The van der Waals surface area contributed by atoms with Gasteiger partial charge in [0.2, 0.25) is 6.10 Å². The maximum atomic E-state index is 12.3. The highest BCUT2D eigenvalue weighted by Crippen LogP contribution is 2.36. The Bertz CT molecular complexity index is 791. The van der Waals surface area contributed by atoms with Gasteiger partial charge in [0.25, 0.3) is 5.91 Å². The quantitative estimate of drug-likeness (QED) is 0.884. The van der Waals surface area contributed by atoms with Crippen molar-refractivity contribution in [3.63, 3.8) is 0 Å². The monoisotopic (exact) mass is 336 g/mol. The van der Waals surface area contributed by atoms with E-state index in [1.165, 1.54) is 18.2 Å². The van der Waals surface area contributed by atoms with Crippen molar-refractivity contribution >= 4 is 23.2 Å². The number of halogens is 3. The van der Waals surface area contributed by atoms with Crippen molar-refractivity contribution in [3.05, 3.63) is 54.1 Å². The van der Waals surface area contributed by atoms with Crippen molar-refractivity contribution in [2.24, 2.45) is 0 Å². The van der Waals surface area contributed by atoms with Gasteiger partial charge in [0.1, 0.15) is 5.75 Å². The van der Waals surface area contributed by atoms with E-state index in [-0.39, 0.29) is 11.4 Å². The van der Waals surface area contributed by atoms with Crippen LogP contribution in [0.3, 0.4) is 0 Å². The van der Waals surface area contributed by atoms with E-state index in [0.717, 1.165) is 0 Å². The van der Waals surface area contributed by atoms with Gasteiger partial charge in [0.05, 0.1) is 5.69 Å². The van der Waals surface area contributed by atoms with Gasteiger partial charge >= 0.3 is 12.1 Å². The van der Waals surface area contributed by atoms with E-state index < -0.39 is 24.1 Å². The second kappa shape index (κ2) is 5.88. The molecule has 1 aliphatic heterocycles. The van der Waals surface area contributed by atoms with Crippen molar-refractivity contribution in [2.45, 2.75) is 12.3 Å². The number of alkyl halides is 3. The summed E-state index contributed by atoms with van der Waals surface area (Å²) < 4.78 is 42.4. The van der Waals surface area contributed by atoms with Crippen LogP contribution in [0.1, 0.15) is 11.7 Å².